The monoisotopic (exact) mass is 458 g/mol. The van der Waals surface area contributed by atoms with E-state index in [4.69, 9.17) is 0 Å². The number of nitrogens with one attached hydrogen (secondary N) is 1. The molecule has 2 aromatic heterocycles. The minimum Gasteiger partial charge on any atom is -0.378 e. The first-order chi connectivity index (χ1) is 15.3. The lowest BCUT2D eigenvalue weighted by molar-refractivity contribution is 0.364. The minimum atomic E-state index is -3.44. The summed E-state index contributed by atoms with van der Waals surface area (Å²) in [5.41, 5.74) is 2.32. The zero-order valence-corrected chi connectivity index (χ0v) is 19.0. The Balaban J connectivity index is 1.32. The number of benzene rings is 1. The van der Waals surface area contributed by atoms with Crippen molar-refractivity contribution in [2.75, 3.05) is 29.6 Å². The van der Waals surface area contributed by atoms with Gasteiger partial charge in [0.1, 0.15) is 5.82 Å². The molecule has 0 radical (unpaired) electrons. The smallest absolute Gasteiger partial charge is 0.225 e. The van der Waals surface area contributed by atoms with Gasteiger partial charge in [-0.2, -0.15) is 5.10 Å². The molecule has 1 N–H and O–H groups in total. The Morgan fingerprint density at radius 3 is 2.47 bits per heavy atom. The van der Waals surface area contributed by atoms with E-state index in [1.807, 2.05) is 23.3 Å². The average Bonchev–Trinajstić information content (AvgIpc) is 3.27. The summed E-state index contributed by atoms with van der Waals surface area (Å²) >= 11 is 0. The molecule has 1 aliphatic rings. The lowest BCUT2D eigenvalue weighted by atomic mass is 10.1. The second kappa shape index (κ2) is 9.23. The van der Waals surface area contributed by atoms with Crippen LogP contribution in [0.3, 0.4) is 0 Å². The molecule has 8 nitrogen and oxygen atoms in total. The Hall–Kier alpha value is -3.01. The van der Waals surface area contributed by atoms with Gasteiger partial charge in [0.25, 0.3) is 0 Å². The molecule has 1 fully saturated rings. The van der Waals surface area contributed by atoms with Gasteiger partial charge in [0, 0.05) is 50.0 Å². The normalized spacial score (nSPS) is 15.2. The number of rotatable bonds is 7. The van der Waals surface area contributed by atoms with E-state index in [9.17, 15) is 12.8 Å². The van der Waals surface area contributed by atoms with Gasteiger partial charge in [-0.1, -0.05) is 6.92 Å². The lowest BCUT2D eigenvalue weighted by Gasteiger charge is -2.32. The summed E-state index contributed by atoms with van der Waals surface area (Å²) in [6.45, 7) is 4.21. The van der Waals surface area contributed by atoms with Gasteiger partial charge >= 0.3 is 0 Å². The molecule has 0 unspecified atom stereocenters. The zero-order chi connectivity index (χ0) is 22.7. The number of hydrogen-bond donors (Lipinski definition) is 1. The van der Waals surface area contributed by atoms with Crippen molar-refractivity contribution >= 4 is 21.5 Å². The molecule has 0 amide bonds. The molecule has 4 rings (SSSR count). The number of piperidine rings is 1. The van der Waals surface area contributed by atoms with Gasteiger partial charge in [-0.25, -0.2) is 22.8 Å². The van der Waals surface area contributed by atoms with E-state index in [1.54, 1.807) is 6.20 Å². The highest BCUT2D eigenvalue weighted by molar-refractivity contribution is 7.90. The van der Waals surface area contributed by atoms with Gasteiger partial charge in [0.15, 0.2) is 9.84 Å². The van der Waals surface area contributed by atoms with Crippen LogP contribution in [0.2, 0.25) is 0 Å². The maximum atomic E-state index is 14.2. The van der Waals surface area contributed by atoms with Gasteiger partial charge in [0.2, 0.25) is 5.95 Å². The van der Waals surface area contributed by atoms with Crippen molar-refractivity contribution in [3.8, 4) is 0 Å². The van der Waals surface area contributed by atoms with Crippen molar-refractivity contribution in [1.82, 2.24) is 19.7 Å². The molecule has 1 saturated heterocycles. The first kappa shape index (κ1) is 22.2. The van der Waals surface area contributed by atoms with E-state index >= 15 is 0 Å². The molecule has 3 aromatic rings. The molecule has 0 aliphatic carbocycles. The van der Waals surface area contributed by atoms with Crippen LogP contribution in [0.1, 0.15) is 36.9 Å². The third kappa shape index (κ3) is 5.07. The number of aryl methyl sites for hydroxylation is 1. The predicted molar refractivity (Wildman–Crippen MR) is 121 cm³/mol. The second-order valence-corrected chi connectivity index (χ2v) is 10.1. The van der Waals surface area contributed by atoms with Crippen molar-refractivity contribution in [2.24, 2.45) is 0 Å². The van der Waals surface area contributed by atoms with E-state index in [1.165, 1.54) is 12.1 Å². The largest absolute Gasteiger partial charge is 0.378 e. The van der Waals surface area contributed by atoms with Crippen LogP contribution in [0.25, 0.3) is 0 Å². The highest BCUT2D eigenvalue weighted by Gasteiger charge is 2.23. The zero-order valence-electron chi connectivity index (χ0n) is 18.2. The Morgan fingerprint density at radius 2 is 1.84 bits per heavy atom. The molecule has 1 aliphatic heterocycles. The quantitative estimate of drug-likeness (QED) is 0.581. The van der Waals surface area contributed by atoms with E-state index in [0.29, 0.717) is 12.6 Å². The number of anilines is 2. The Bertz CT molecular complexity index is 1170. The predicted octanol–water partition coefficient (Wildman–Crippen LogP) is 3.23. The van der Waals surface area contributed by atoms with Crippen LogP contribution in [0.15, 0.2) is 47.9 Å². The minimum absolute atomic E-state index is 0.0357. The summed E-state index contributed by atoms with van der Waals surface area (Å²) in [7, 11) is -3.44. The summed E-state index contributed by atoms with van der Waals surface area (Å²) in [6, 6.07) is 4.17. The fraction of sp³-hybridized carbons (Fsp3) is 0.409. The molecule has 0 spiro atoms. The topological polar surface area (TPSA) is 93.0 Å². The molecule has 1 aromatic carbocycles. The van der Waals surface area contributed by atoms with E-state index < -0.39 is 15.7 Å². The number of hydrogen-bond acceptors (Lipinski definition) is 7. The number of aromatic nitrogens is 4. The Kier molecular flexibility index (Phi) is 6.40. The van der Waals surface area contributed by atoms with Crippen molar-refractivity contribution in [3.05, 3.63) is 59.9 Å². The molecule has 0 bridgehead atoms. The van der Waals surface area contributed by atoms with Crippen LogP contribution >= 0.6 is 0 Å². The van der Waals surface area contributed by atoms with Gasteiger partial charge in [-0.05, 0) is 43.0 Å². The fourth-order valence-corrected chi connectivity index (χ4v) is 4.39. The molecular formula is C22H27FN6O2S. The summed E-state index contributed by atoms with van der Waals surface area (Å²) in [4.78, 5) is 11.1. The average molecular weight is 459 g/mol. The van der Waals surface area contributed by atoms with Gasteiger partial charge in [-0.15, -0.1) is 0 Å². The van der Waals surface area contributed by atoms with Crippen LogP contribution in [0.4, 0.5) is 16.0 Å². The van der Waals surface area contributed by atoms with Crippen LogP contribution in [-0.4, -0.2) is 47.5 Å². The molecule has 3 heterocycles. The highest BCUT2D eigenvalue weighted by atomic mass is 32.2. The number of halogens is 1. The molecule has 0 atom stereocenters. The molecule has 32 heavy (non-hydrogen) atoms. The van der Waals surface area contributed by atoms with Crippen molar-refractivity contribution in [3.63, 3.8) is 0 Å². The first-order valence-electron chi connectivity index (χ1n) is 10.7. The Morgan fingerprint density at radius 1 is 1.12 bits per heavy atom. The summed E-state index contributed by atoms with van der Waals surface area (Å²) < 4.78 is 39.3. The molecule has 170 valence electrons. The van der Waals surface area contributed by atoms with Crippen LogP contribution < -0.4 is 10.2 Å². The van der Waals surface area contributed by atoms with Crippen LogP contribution in [-0.2, 0) is 22.8 Å². The van der Waals surface area contributed by atoms with E-state index in [2.05, 4.69) is 32.2 Å². The third-order valence-electron chi connectivity index (χ3n) is 5.73. The third-order valence-corrected chi connectivity index (χ3v) is 6.84. The standard InChI is InChI=1S/C22H27FN6O2S/c1-3-16-11-25-22(26-12-16)28-8-6-18(7-9-28)29-15-17(14-27-29)13-24-21-5-4-19(10-20(21)23)32(2,30)31/h4-5,10-12,14-15,18,24H,3,6-9,13H2,1-2H3. The van der Waals surface area contributed by atoms with Crippen molar-refractivity contribution < 1.29 is 12.8 Å². The summed E-state index contributed by atoms with van der Waals surface area (Å²) in [5.74, 6) is 0.178. The number of sulfone groups is 1. The SMILES string of the molecule is CCc1cnc(N2CCC(n3cc(CNc4ccc(S(C)(=O)=O)cc4F)cn3)CC2)nc1. The van der Waals surface area contributed by atoms with Crippen LogP contribution in [0.5, 0.6) is 0 Å². The van der Waals surface area contributed by atoms with Gasteiger partial charge in [-0.3, -0.25) is 4.68 Å². The van der Waals surface area contributed by atoms with E-state index in [0.717, 1.165) is 61.7 Å². The molecule has 10 heteroatoms. The maximum Gasteiger partial charge on any atom is 0.225 e. The van der Waals surface area contributed by atoms with Crippen molar-refractivity contribution in [1.29, 1.82) is 0 Å². The first-order valence-corrected chi connectivity index (χ1v) is 12.5. The Labute approximate surface area is 187 Å². The fourth-order valence-electron chi connectivity index (χ4n) is 3.76. The maximum absolute atomic E-state index is 14.2. The number of nitrogens with zero attached hydrogens (tertiary/aromatic N) is 5. The summed E-state index contributed by atoms with van der Waals surface area (Å²) in [5, 5.41) is 7.51. The molecular weight excluding hydrogens is 431 g/mol. The lowest BCUT2D eigenvalue weighted by Crippen LogP contribution is -2.35. The van der Waals surface area contributed by atoms with E-state index in [-0.39, 0.29) is 10.6 Å². The van der Waals surface area contributed by atoms with Crippen LogP contribution in [0, 0.1) is 5.82 Å². The van der Waals surface area contributed by atoms with Gasteiger partial charge < -0.3 is 10.2 Å². The van der Waals surface area contributed by atoms with Gasteiger partial charge in [0.05, 0.1) is 22.8 Å². The highest BCUT2D eigenvalue weighted by Crippen LogP contribution is 2.25. The second-order valence-electron chi connectivity index (χ2n) is 8.06. The molecule has 0 saturated carbocycles. The summed E-state index contributed by atoms with van der Waals surface area (Å²) in [6.07, 6.45) is 11.4. The van der Waals surface area contributed by atoms with Crippen molar-refractivity contribution in [2.45, 2.75) is 43.7 Å².